The maximum Gasteiger partial charge on any atom is 0.269 e. The van der Waals surface area contributed by atoms with Gasteiger partial charge in [-0.25, -0.2) is 0 Å². The monoisotopic (exact) mass is 305 g/mol. The average molecular weight is 305 g/mol. The molecule has 2 heterocycles. The molecule has 22 heavy (non-hydrogen) atoms. The van der Waals surface area contributed by atoms with Gasteiger partial charge in [0.25, 0.3) is 11.8 Å². The van der Waals surface area contributed by atoms with E-state index in [9.17, 15) is 4.79 Å². The highest BCUT2D eigenvalue weighted by molar-refractivity contribution is 5.94. The van der Waals surface area contributed by atoms with E-state index in [2.05, 4.69) is 20.6 Å². The number of carbonyl (C=O) groups is 1. The molecule has 0 spiro atoms. The number of nitrogens with zero attached hydrogens (tertiary/aromatic N) is 4. The van der Waals surface area contributed by atoms with Crippen molar-refractivity contribution in [2.45, 2.75) is 38.7 Å². The first-order valence-electron chi connectivity index (χ1n) is 7.44. The largest absolute Gasteiger partial charge is 0.387 e. The first-order valence-corrected chi connectivity index (χ1v) is 7.44. The number of aryl methyl sites for hydroxylation is 2. The standard InChI is InChI=1S/C14H19N5O3/c1-19-13(9-4-2-3-5-10(9)17-19)14(21)15-7-6-11-16-12(8-20)22-18-11/h20H,2-8H2,1H3,(H,15,21). The van der Waals surface area contributed by atoms with Crippen molar-refractivity contribution in [1.82, 2.24) is 25.2 Å². The number of hydrogen-bond donors (Lipinski definition) is 2. The van der Waals surface area contributed by atoms with Crippen molar-refractivity contribution in [1.29, 1.82) is 0 Å². The third-order valence-corrected chi connectivity index (χ3v) is 3.81. The Morgan fingerprint density at radius 2 is 2.23 bits per heavy atom. The molecule has 1 amide bonds. The van der Waals surface area contributed by atoms with Crippen LogP contribution in [0.3, 0.4) is 0 Å². The van der Waals surface area contributed by atoms with Crippen molar-refractivity contribution in [2.24, 2.45) is 7.05 Å². The molecule has 0 radical (unpaired) electrons. The molecule has 1 aliphatic rings. The molecule has 0 atom stereocenters. The smallest absolute Gasteiger partial charge is 0.269 e. The van der Waals surface area contributed by atoms with E-state index in [-0.39, 0.29) is 18.4 Å². The molecule has 0 saturated heterocycles. The summed E-state index contributed by atoms with van der Waals surface area (Å²) >= 11 is 0. The summed E-state index contributed by atoms with van der Waals surface area (Å²) < 4.78 is 6.47. The number of carbonyl (C=O) groups excluding carboxylic acids is 1. The SMILES string of the molecule is Cn1nc2c(c1C(=O)NCCc1noc(CO)n1)CCCC2. The van der Waals surface area contributed by atoms with Gasteiger partial charge in [-0.05, 0) is 25.7 Å². The highest BCUT2D eigenvalue weighted by atomic mass is 16.5. The molecule has 118 valence electrons. The zero-order chi connectivity index (χ0) is 15.5. The third-order valence-electron chi connectivity index (χ3n) is 3.81. The van der Waals surface area contributed by atoms with Crippen molar-refractivity contribution < 1.29 is 14.4 Å². The van der Waals surface area contributed by atoms with Crippen LogP contribution in [0.1, 0.15) is 46.3 Å². The summed E-state index contributed by atoms with van der Waals surface area (Å²) in [6.45, 7) is 0.129. The first-order chi connectivity index (χ1) is 10.7. The summed E-state index contributed by atoms with van der Waals surface area (Å²) in [4.78, 5) is 16.4. The Hall–Kier alpha value is -2.22. The number of fused-ring (bicyclic) bond motifs is 1. The second kappa shape index (κ2) is 6.27. The van der Waals surface area contributed by atoms with Crippen LogP contribution in [0.2, 0.25) is 0 Å². The molecule has 0 fully saturated rings. The molecule has 0 aliphatic heterocycles. The molecular formula is C14H19N5O3. The predicted molar refractivity (Wildman–Crippen MR) is 76.1 cm³/mol. The maximum absolute atomic E-state index is 12.4. The maximum atomic E-state index is 12.4. The van der Waals surface area contributed by atoms with Gasteiger partial charge >= 0.3 is 0 Å². The summed E-state index contributed by atoms with van der Waals surface area (Å²) in [6.07, 6.45) is 4.55. The van der Waals surface area contributed by atoms with Crippen molar-refractivity contribution in [3.63, 3.8) is 0 Å². The normalized spacial score (nSPS) is 13.9. The predicted octanol–water partition coefficient (Wildman–Crippen LogP) is 0.147. The van der Waals surface area contributed by atoms with Gasteiger partial charge in [0.05, 0.1) is 5.69 Å². The summed E-state index contributed by atoms with van der Waals surface area (Å²) in [7, 11) is 1.81. The second-order valence-electron chi connectivity index (χ2n) is 5.37. The Kier molecular flexibility index (Phi) is 4.19. The van der Waals surface area contributed by atoms with Crippen LogP contribution in [-0.4, -0.2) is 37.5 Å². The van der Waals surface area contributed by atoms with Gasteiger partial charge in [0.1, 0.15) is 12.3 Å². The van der Waals surface area contributed by atoms with Crippen molar-refractivity contribution in [3.05, 3.63) is 28.7 Å². The summed E-state index contributed by atoms with van der Waals surface area (Å²) in [5, 5.41) is 19.9. The number of hydrogen-bond acceptors (Lipinski definition) is 6. The average Bonchev–Trinajstić information content (AvgIpc) is 3.10. The fraction of sp³-hybridized carbons (Fsp3) is 0.571. The summed E-state index contributed by atoms with van der Waals surface area (Å²) in [5.74, 6) is 0.530. The molecule has 0 bridgehead atoms. The molecule has 2 N–H and O–H groups in total. The molecule has 8 nitrogen and oxygen atoms in total. The fourth-order valence-electron chi connectivity index (χ4n) is 2.79. The molecule has 3 rings (SSSR count). The first kappa shape index (κ1) is 14.7. The number of amides is 1. The minimum Gasteiger partial charge on any atom is -0.387 e. The lowest BCUT2D eigenvalue weighted by Crippen LogP contribution is -2.29. The lowest BCUT2D eigenvalue weighted by atomic mass is 9.95. The Labute approximate surface area is 127 Å². The molecule has 2 aromatic heterocycles. The van der Waals surface area contributed by atoms with Crippen LogP contribution in [0.5, 0.6) is 0 Å². The number of aliphatic hydroxyl groups is 1. The number of aliphatic hydroxyl groups excluding tert-OH is 1. The summed E-state index contributed by atoms with van der Waals surface area (Å²) in [5.41, 5.74) is 2.77. The van der Waals surface area contributed by atoms with Gasteiger partial charge in [-0.15, -0.1) is 0 Å². The lowest BCUT2D eigenvalue weighted by molar-refractivity contribution is 0.0943. The minimum absolute atomic E-state index is 0.121. The highest BCUT2D eigenvalue weighted by Gasteiger charge is 2.23. The number of nitrogens with one attached hydrogen (secondary N) is 1. The van der Waals surface area contributed by atoms with Gasteiger partial charge in [0, 0.05) is 25.6 Å². The van der Waals surface area contributed by atoms with E-state index in [1.54, 1.807) is 11.7 Å². The van der Waals surface area contributed by atoms with E-state index in [0.717, 1.165) is 36.9 Å². The Morgan fingerprint density at radius 1 is 1.41 bits per heavy atom. The van der Waals surface area contributed by atoms with Gasteiger partial charge in [0.15, 0.2) is 5.82 Å². The zero-order valence-electron chi connectivity index (χ0n) is 12.5. The number of rotatable bonds is 5. The second-order valence-corrected chi connectivity index (χ2v) is 5.37. The molecule has 1 aliphatic carbocycles. The van der Waals surface area contributed by atoms with Crippen molar-refractivity contribution in [2.75, 3.05) is 6.54 Å². The topological polar surface area (TPSA) is 106 Å². The third kappa shape index (κ3) is 2.87. The van der Waals surface area contributed by atoms with E-state index in [1.807, 2.05) is 0 Å². The molecule has 0 aromatic carbocycles. The Bertz CT molecular complexity index is 676. The van der Waals surface area contributed by atoms with Crippen LogP contribution < -0.4 is 5.32 Å². The van der Waals surface area contributed by atoms with Crippen LogP contribution in [0, 0.1) is 0 Å². The van der Waals surface area contributed by atoms with E-state index in [1.165, 1.54) is 0 Å². The van der Waals surface area contributed by atoms with Gasteiger partial charge in [-0.1, -0.05) is 5.16 Å². The Balaban J connectivity index is 1.61. The van der Waals surface area contributed by atoms with Gasteiger partial charge in [0.2, 0.25) is 0 Å². The highest BCUT2D eigenvalue weighted by Crippen LogP contribution is 2.23. The lowest BCUT2D eigenvalue weighted by Gasteiger charge is -2.11. The quantitative estimate of drug-likeness (QED) is 0.814. The van der Waals surface area contributed by atoms with Crippen molar-refractivity contribution >= 4 is 5.91 Å². The molecule has 0 unspecified atom stereocenters. The van der Waals surface area contributed by atoms with Gasteiger partial charge in [-0.3, -0.25) is 9.48 Å². The Morgan fingerprint density at radius 3 is 3.00 bits per heavy atom. The molecule has 2 aromatic rings. The van der Waals surface area contributed by atoms with E-state index in [0.29, 0.717) is 24.5 Å². The van der Waals surface area contributed by atoms with Crippen LogP contribution >= 0.6 is 0 Å². The number of aromatic nitrogens is 4. The van der Waals surface area contributed by atoms with Gasteiger partial charge in [-0.2, -0.15) is 10.1 Å². The van der Waals surface area contributed by atoms with Crippen molar-refractivity contribution in [3.8, 4) is 0 Å². The van der Waals surface area contributed by atoms with E-state index in [4.69, 9.17) is 9.63 Å². The molecule has 8 heteroatoms. The zero-order valence-corrected chi connectivity index (χ0v) is 12.5. The van der Waals surface area contributed by atoms with Crippen LogP contribution in [0.25, 0.3) is 0 Å². The molecular weight excluding hydrogens is 286 g/mol. The minimum atomic E-state index is -0.277. The van der Waals surface area contributed by atoms with Crippen LogP contribution in [0.4, 0.5) is 0 Å². The van der Waals surface area contributed by atoms with Crippen LogP contribution in [0.15, 0.2) is 4.52 Å². The van der Waals surface area contributed by atoms with E-state index < -0.39 is 0 Å². The van der Waals surface area contributed by atoms with Crippen LogP contribution in [-0.2, 0) is 32.9 Å². The fourth-order valence-corrected chi connectivity index (χ4v) is 2.79. The van der Waals surface area contributed by atoms with E-state index >= 15 is 0 Å². The van der Waals surface area contributed by atoms with Gasteiger partial charge < -0.3 is 14.9 Å². The summed E-state index contributed by atoms with van der Waals surface area (Å²) in [6, 6.07) is 0. The molecule has 0 saturated carbocycles.